The molecule has 3 aromatic carbocycles. The summed E-state index contributed by atoms with van der Waals surface area (Å²) in [6, 6.07) is 17.0. The van der Waals surface area contributed by atoms with E-state index < -0.39 is 17.2 Å². The summed E-state index contributed by atoms with van der Waals surface area (Å²) >= 11 is 1.33. The molecular formula is C20H15F3OS. The minimum atomic E-state index is -1.44. The first-order chi connectivity index (χ1) is 12.0. The number of thioether (sulfide) groups is 1. The van der Waals surface area contributed by atoms with Gasteiger partial charge in [-0.3, -0.25) is 0 Å². The first kappa shape index (κ1) is 17.6. The topological polar surface area (TPSA) is 20.2 Å². The van der Waals surface area contributed by atoms with E-state index in [1.807, 2.05) is 0 Å². The molecule has 0 saturated carbocycles. The van der Waals surface area contributed by atoms with Crippen LogP contribution in [0.5, 0.6) is 0 Å². The fourth-order valence-corrected chi connectivity index (χ4v) is 3.54. The lowest BCUT2D eigenvalue weighted by Gasteiger charge is -2.29. The molecule has 3 rings (SSSR count). The summed E-state index contributed by atoms with van der Waals surface area (Å²) in [5, 5.41) is 11.3. The van der Waals surface area contributed by atoms with Gasteiger partial charge in [-0.1, -0.05) is 24.3 Å². The van der Waals surface area contributed by atoms with E-state index in [1.54, 1.807) is 12.1 Å². The van der Waals surface area contributed by atoms with E-state index in [0.717, 1.165) is 4.90 Å². The zero-order valence-electron chi connectivity index (χ0n) is 13.1. The van der Waals surface area contributed by atoms with E-state index in [2.05, 4.69) is 0 Å². The summed E-state index contributed by atoms with van der Waals surface area (Å²) in [5.41, 5.74) is -0.453. The lowest BCUT2D eigenvalue weighted by atomic mass is 9.88. The Bertz CT molecular complexity index is 785. The molecule has 0 heterocycles. The van der Waals surface area contributed by atoms with Crippen molar-refractivity contribution in [2.75, 3.05) is 5.75 Å². The van der Waals surface area contributed by atoms with Crippen molar-refractivity contribution in [3.05, 3.63) is 101 Å². The quantitative estimate of drug-likeness (QED) is 0.637. The van der Waals surface area contributed by atoms with Crippen LogP contribution in [0.1, 0.15) is 11.1 Å². The maximum Gasteiger partial charge on any atom is 0.124 e. The average Bonchev–Trinajstić information content (AvgIpc) is 2.62. The van der Waals surface area contributed by atoms with E-state index in [-0.39, 0.29) is 11.6 Å². The molecule has 0 atom stereocenters. The summed E-state index contributed by atoms with van der Waals surface area (Å²) in [7, 11) is 0. The molecule has 1 N–H and O–H groups in total. The number of rotatable bonds is 5. The van der Waals surface area contributed by atoms with Crippen molar-refractivity contribution in [2.45, 2.75) is 10.5 Å². The van der Waals surface area contributed by atoms with Gasteiger partial charge in [0, 0.05) is 10.6 Å². The third kappa shape index (κ3) is 4.06. The van der Waals surface area contributed by atoms with Gasteiger partial charge in [0.1, 0.15) is 23.1 Å². The van der Waals surface area contributed by atoms with Crippen molar-refractivity contribution in [3.63, 3.8) is 0 Å². The number of benzene rings is 3. The Hall–Kier alpha value is -2.24. The second kappa shape index (κ2) is 7.33. The Morgan fingerprint density at radius 3 is 1.40 bits per heavy atom. The number of halogens is 3. The smallest absolute Gasteiger partial charge is 0.124 e. The molecule has 128 valence electrons. The molecule has 0 unspecified atom stereocenters. The van der Waals surface area contributed by atoms with Crippen LogP contribution in [0.15, 0.2) is 77.7 Å². The summed E-state index contributed by atoms with van der Waals surface area (Å²) in [5.74, 6) is -0.944. The lowest BCUT2D eigenvalue weighted by molar-refractivity contribution is 0.107. The monoisotopic (exact) mass is 360 g/mol. The van der Waals surface area contributed by atoms with Crippen LogP contribution in [-0.4, -0.2) is 10.9 Å². The van der Waals surface area contributed by atoms with Gasteiger partial charge >= 0.3 is 0 Å². The maximum absolute atomic E-state index is 13.2. The highest BCUT2D eigenvalue weighted by Gasteiger charge is 2.32. The highest BCUT2D eigenvalue weighted by atomic mass is 32.2. The fourth-order valence-electron chi connectivity index (χ4n) is 2.50. The molecular weight excluding hydrogens is 345 g/mol. The molecule has 3 aromatic rings. The van der Waals surface area contributed by atoms with Crippen LogP contribution < -0.4 is 0 Å². The van der Waals surface area contributed by atoms with Gasteiger partial charge in [-0.05, 0) is 59.7 Å². The van der Waals surface area contributed by atoms with Crippen molar-refractivity contribution in [1.29, 1.82) is 0 Å². The molecule has 0 aromatic heterocycles. The van der Waals surface area contributed by atoms with Gasteiger partial charge in [0.15, 0.2) is 0 Å². The minimum Gasteiger partial charge on any atom is -0.380 e. The highest BCUT2D eigenvalue weighted by molar-refractivity contribution is 7.99. The predicted molar refractivity (Wildman–Crippen MR) is 92.9 cm³/mol. The third-order valence-corrected chi connectivity index (χ3v) is 5.07. The first-order valence-corrected chi connectivity index (χ1v) is 8.59. The van der Waals surface area contributed by atoms with Gasteiger partial charge in [0.2, 0.25) is 0 Å². The maximum atomic E-state index is 13.2. The van der Waals surface area contributed by atoms with Gasteiger partial charge in [-0.25, -0.2) is 13.2 Å². The Morgan fingerprint density at radius 1 is 0.640 bits per heavy atom. The van der Waals surface area contributed by atoms with E-state index in [4.69, 9.17) is 0 Å². The lowest BCUT2D eigenvalue weighted by Crippen LogP contribution is -2.30. The fraction of sp³-hybridized carbons (Fsp3) is 0.100. The predicted octanol–water partition coefficient (Wildman–Crippen LogP) is 5.13. The normalized spacial score (nSPS) is 11.5. The largest absolute Gasteiger partial charge is 0.380 e. The van der Waals surface area contributed by atoms with Crippen LogP contribution in [0.4, 0.5) is 13.2 Å². The SMILES string of the molecule is OC(CSc1ccc(F)cc1)(c1ccc(F)cc1)c1ccc(F)cc1. The Labute approximate surface area is 148 Å². The molecule has 0 aliphatic carbocycles. The minimum absolute atomic E-state index is 0.204. The Morgan fingerprint density at radius 2 is 1.00 bits per heavy atom. The molecule has 1 nitrogen and oxygen atoms in total. The van der Waals surface area contributed by atoms with Crippen LogP contribution in [0, 0.1) is 17.5 Å². The van der Waals surface area contributed by atoms with Gasteiger partial charge in [-0.2, -0.15) is 0 Å². The average molecular weight is 360 g/mol. The van der Waals surface area contributed by atoms with Crippen LogP contribution in [0.3, 0.4) is 0 Å². The molecule has 0 radical (unpaired) electrons. The summed E-state index contributed by atoms with van der Waals surface area (Å²) < 4.78 is 39.5. The van der Waals surface area contributed by atoms with Crippen molar-refractivity contribution >= 4 is 11.8 Å². The van der Waals surface area contributed by atoms with E-state index in [0.29, 0.717) is 11.1 Å². The second-order valence-electron chi connectivity index (χ2n) is 5.62. The molecule has 0 spiro atoms. The zero-order chi connectivity index (χ0) is 17.9. The molecule has 0 bridgehead atoms. The van der Waals surface area contributed by atoms with Crippen LogP contribution in [-0.2, 0) is 5.60 Å². The second-order valence-corrected chi connectivity index (χ2v) is 6.67. The molecule has 0 aliphatic rings. The molecule has 0 saturated heterocycles. The summed E-state index contributed by atoms with van der Waals surface area (Å²) in [6.45, 7) is 0. The van der Waals surface area contributed by atoms with Gasteiger partial charge in [-0.15, -0.1) is 11.8 Å². The van der Waals surface area contributed by atoms with E-state index in [9.17, 15) is 18.3 Å². The van der Waals surface area contributed by atoms with Crippen molar-refractivity contribution in [1.82, 2.24) is 0 Å². The number of hydrogen-bond acceptors (Lipinski definition) is 2. The van der Waals surface area contributed by atoms with Gasteiger partial charge in [0.25, 0.3) is 0 Å². The van der Waals surface area contributed by atoms with Crippen LogP contribution in [0.2, 0.25) is 0 Å². The molecule has 0 fully saturated rings. The molecule has 5 heteroatoms. The number of aliphatic hydroxyl groups is 1. The van der Waals surface area contributed by atoms with Crippen molar-refractivity contribution in [3.8, 4) is 0 Å². The first-order valence-electron chi connectivity index (χ1n) is 7.60. The summed E-state index contributed by atoms with van der Waals surface area (Å²) in [4.78, 5) is 0.782. The van der Waals surface area contributed by atoms with E-state index in [1.165, 1.54) is 72.4 Å². The van der Waals surface area contributed by atoms with Crippen LogP contribution >= 0.6 is 11.8 Å². The Kier molecular flexibility index (Phi) is 5.16. The van der Waals surface area contributed by atoms with Gasteiger partial charge in [0.05, 0.1) is 0 Å². The Balaban J connectivity index is 1.94. The van der Waals surface area contributed by atoms with Gasteiger partial charge < -0.3 is 5.11 Å². The summed E-state index contributed by atoms with van der Waals surface area (Å²) in [6.07, 6.45) is 0. The zero-order valence-corrected chi connectivity index (χ0v) is 13.9. The van der Waals surface area contributed by atoms with Crippen LogP contribution in [0.25, 0.3) is 0 Å². The third-order valence-electron chi connectivity index (χ3n) is 3.90. The molecule has 0 aliphatic heterocycles. The van der Waals surface area contributed by atoms with Crippen molar-refractivity contribution < 1.29 is 18.3 Å². The van der Waals surface area contributed by atoms with E-state index >= 15 is 0 Å². The molecule has 25 heavy (non-hydrogen) atoms. The molecule has 0 amide bonds. The highest BCUT2D eigenvalue weighted by Crippen LogP contribution is 2.35. The van der Waals surface area contributed by atoms with Crippen molar-refractivity contribution in [2.24, 2.45) is 0 Å². The number of hydrogen-bond donors (Lipinski definition) is 1. The standard InChI is InChI=1S/C20H15F3OS/c21-16-5-1-14(2-6-16)20(24,15-3-7-17(22)8-4-15)13-25-19-11-9-18(23)10-12-19/h1-12,24H,13H2.